The van der Waals surface area contributed by atoms with Crippen LogP contribution in [0, 0.1) is 0 Å². The van der Waals surface area contributed by atoms with Crippen molar-refractivity contribution in [3.8, 4) is 0 Å². The Bertz CT molecular complexity index is 518. The van der Waals surface area contributed by atoms with Crippen molar-refractivity contribution in [3.05, 3.63) is 23.8 Å². The summed E-state index contributed by atoms with van der Waals surface area (Å²) in [6.07, 6.45) is 2.68. The van der Waals surface area contributed by atoms with Gasteiger partial charge in [0.2, 0.25) is 0 Å². The van der Waals surface area contributed by atoms with Crippen molar-refractivity contribution in [3.63, 3.8) is 0 Å². The van der Waals surface area contributed by atoms with Crippen LogP contribution in [0.3, 0.4) is 0 Å². The molecule has 0 aliphatic heterocycles. The van der Waals surface area contributed by atoms with Gasteiger partial charge in [-0.25, -0.2) is 14.3 Å². The molecule has 0 unspecified atom stereocenters. The first kappa shape index (κ1) is 9.57. The Hall–Kier alpha value is -1.98. The van der Waals surface area contributed by atoms with Crippen LogP contribution in [0.15, 0.2) is 12.5 Å². The van der Waals surface area contributed by atoms with Crippen molar-refractivity contribution >= 4 is 11.7 Å². The zero-order valence-corrected chi connectivity index (χ0v) is 8.38. The van der Waals surface area contributed by atoms with Crippen molar-refractivity contribution in [2.45, 2.75) is 19.8 Å². The molecule has 0 bridgehead atoms. The third kappa shape index (κ3) is 1.43. The molecule has 6 heteroatoms. The summed E-state index contributed by atoms with van der Waals surface area (Å²) in [6.45, 7) is 3.81. The van der Waals surface area contributed by atoms with Gasteiger partial charge in [-0.3, -0.25) is 0 Å². The Morgan fingerprint density at radius 3 is 2.80 bits per heavy atom. The molecule has 2 heterocycles. The van der Waals surface area contributed by atoms with Gasteiger partial charge in [0, 0.05) is 6.20 Å². The number of aromatic carboxylic acids is 1. The maximum Gasteiger partial charge on any atom is 0.339 e. The standard InChI is InChI=1S/C9H10N4O2/c1-5(2)7-6(8(14)15)3-10-9-11-4-12-13(7)9/h3-5H,1-2H3,(H,14,15). The molecule has 1 N–H and O–H groups in total. The highest BCUT2D eigenvalue weighted by Gasteiger charge is 2.18. The van der Waals surface area contributed by atoms with Crippen LogP contribution in [-0.4, -0.2) is 30.7 Å². The number of hydrogen-bond donors (Lipinski definition) is 1. The molecule has 2 aromatic rings. The predicted octanol–water partition coefficient (Wildman–Crippen LogP) is 0.946. The summed E-state index contributed by atoms with van der Waals surface area (Å²) in [7, 11) is 0. The third-order valence-electron chi connectivity index (χ3n) is 2.12. The number of rotatable bonds is 2. The minimum absolute atomic E-state index is 0.0447. The molecular formula is C9H10N4O2. The first-order valence-electron chi connectivity index (χ1n) is 4.53. The Balaban J connectivity index is 2.81. The van der Waals surface area contributed by atoms with Gasteiger partial charge in [0.05, 0.1) is 11.3 Å². The number of aromatic nitrogens is 4. The lowest BCUT2D eigenvalue weighted by molar-refractivity contribution is 0.0694. The summed E-state index contributed by atoms with van der Waals surface area (Å²) in [4.78, 5) is 18.8. The minimum atomic E-state index is -0.997. The van der Waals surface area contributed by atoms with Crippen LogP contribution in [0.4, 0.5) is 0 Å². The van der Waals surface area contributed by atoms with Crippen LogP contribution in [-0.2, 0) is 0 Å². The van der Waals surface area contributed by atoms with Crippen LogP contribution >= 0.6 is 0 Å². The summed E-state index contributed by atoms with van der Waals surface area (Å²) in [6, 6.07) is 0. The summed E-state index contributed by atoms with van der Waals surface area (Å²) >= 11 is 0. The highest BCUT2D eigenvalue weighted by molar-refractivity contribution is 5.88. The number of carboxylic acids is 1. The van der Waals surface area contributed by atoms with Crippen molar-refractivity contribution in [1.82, 2.24) is 19.6 Å². The van der Waals surface area contributed by atoms with Crippen LogP contribution in [0.25, 0.3) is 5.78 Å². The molecular weight excluding hydrogens is 196 g/mol. The van der Waals surface area contributed by atoms with Gasteiger partial charge >= 0.3 is 5.97 Å². The van der Waals surface area contributed by atoms with Gasteiger partial charge < -0.3 is 5.11 Å². The zero-order valence-electron chi connectivity index (χ0n) is 8.38. The third-order valence-corrected chi connectivity index (χ3v) is 2.12. The van der Waals surface area contributed by atoms with Crippen molar-refractivity contribution in [2.75, 3.05) is 0 Å². The Morgan fingerprint density at radius 2 is 2.20 bits per heavy atom. The van der Waals surface area contributed by atoms with Crippen molar-refractivity contribution in [2.24, 2.45) is 0 Å². The molecule has 0 radical (unpaired) electrons. The monoisotopic (exact) mass is 206 g/mol. The fraction of sp³-hybridized carbons (Fsp3) is 0.333. The SMILES string of the molecule is CC(C)c1c(C(=O)O)cnc2ncnn12. The molecule has 6 nitrogen and oxygen atoms in total. The van der Waals surface area contributed by atoms with E-state index in [9.17, 15) is 4.79 Å². The molecule has 0 saturated heterocycles. The average molecular weight is 206 g/mol. The van der Waals surface area contributed by atoms with Crippen LogP contribution < -0.4 is 0 Å². The molecule has 0 atom stereocenters. The topological polar surface area (TPSA) is 80.4 Å². The molecule has 0 aliphatic carbocycles. The van der Waals surface area contributed by atoms with Crippen molar-refractivity contribution < 1.29 is 9.90 Å². The number of nitrogens with zero attached hydrogens (tertiary/aromatic N) is 4. The van der Waals surface area contributed by atoms with E-state index in [2.05, 4.69) is 15.1 Å². The highest BCUT2D eigenvalue weighted by atomic mass is 16.4. The molecule has 0 spiro atoms. The number of fused-ring (bicyclic) bond motifs is 1. The predicted molar refractivity (Wildman–Crippen MR) is 51.8 cm³/mol. The summed E-state index contributed by atoms with van der Waals surface area (Å²) in [5.41, 5.74) is 0.785. The van der Waals surface area contributed by atoms with Gasteiger partial charge in [-0.05, 0) is 5.92 Å². The van der Waals surface area contributed by atoms with E-state index >= 15 is 0 Å². The highest BCUT2D eigenvalue weighted by Crippen LogP contribution is 2.18. The van der Waals surface area contributed by atoms with E-state index in [-0.39, 0.29) is 11.5 Å². The lowest BCUT2D eigenvalue weighted by atomic mass is 10.1. The van der Waals surface area contributed by atoms with E-state index in [4.69, 9.17) is 5.11 Å². The summed E-state index contributed by atoms with van der Waals surface area (Å²) < 4.78 is 1.47. The van der Waals surface area contributed by atoms with E-state index in [0.717, 1.165) is 0 Å². The quantitative estimate of drug-likeness (QED) is 0.791. The maximum atomic E-state index is 11.0. The smallest absolute Gasteiger partial charge is 0.339 e. The van der Waals surface area contributed by atoms with Gasteiger partial charge in [-0.2, -0.15) is 10.1 Å². The van der Waals surface area contributed by atoms with Gasteiger partial charge in [0.15, 0.2) is 0 Å². The molecule has 78 valence electrons. The molecule has 0 amide bonds. The Morgan fingerprint density at radius 1 is 1.47 bits per heavy atom. The second kappa shape index (κ2) is 3.30. The van der Waals surface area contributed by atoms with Gasteiger partial charge in [0.25, 0.3) is 5.78 Å². The maximum absolute atomic E-state index is 11.0. The largest absolute Gasteiger partial charge is 0.478 e. The zero-order chi connectivity index (χ0) is 11.0. The van der Waals surface area contributed by atoms with E-state index in [1.54, 1.807) is 0 Å². The lowest BCUT2D eigenvalue weighted by Gasteiger charge is -2.10. The fourth-order valence-corrected chi connectivity index (χ4v) is 1.52. The molecule has 2 aromatic heterocycles. The Labute approximate surface area is 85.6 Å². The van der Waals surface area contributed by atoms with Crippen LogP contribution in [0.5, 0.6) is 0 Å². The lowest BCUT2D eigenvalue weighted by Crippen LogP contribution is -2.11. The molecule has 0 aliphatic rings. The Kier molecular flexibility index (Phi) is 2.11. The van der Waals surface area contributed by atoms with Crippen LogP contribution in [0.1, 0.15) is 35.8 Å². The first-order valence-corrected chi connectivity index (χ1v) is 4.53. The van der Waals surface area contributed by atoms with E-state index in [0.29, 0.717) is 11.5 Å². The van der Waals surface area contributed by atoms with Gasteiger partial charge in [-0.15, -0.1) is 0 Å². The van der Waals surface area contributed by atoms with Crippen molar-refractivity contribution in [1.29, 1.82) is 0 Å². The number of carboxylic acid groups (broad SMARTS) is 1. The molecule has 15 heavy (non-hydrogen) atoms. The van der Waals surface area contributed by atoms with E-state index in [1.165, 1.54) is 17.0 Å². The van der Waals surface area contributed by atoms with Crippen LogP contribution in [0.2, 0.25) is 0 Å². The number of hydrogen-bond acceptors (Lipinski definition) is 4. The number of carbonyl (C=O) groups is 1. The van der Waals surface area contributed by atoms with Gasteiger partial charge in [-0.1, -0.05) is 13.8 Å². The molecule has 0 fully saturated rings. The second-order valence-electron chi connectivity index (χ2n) is 3.49. The summed E-state index contributed by atoms with van der Waals surface area (Å²) in [5, 5.41) is 13.0. The van der Waals surface area contributed by atoms with E-state index in [1.807, 2.05) is 13.8 Å². The minimum Gasteiger partial charge on any atom is -0.478 e. The average Bonchev–Trinajstić information content (AvgIpc) is 2.62. The fourth-order valence-electron chi connectivity index (χ4n) is 1.52. The molecule has 2 rings (SSSR count). The summed E-state index contributed by atoms with van der Waals surface area (Å²) in [5.74, 6) is -0.532. The molecule has 0 aromatic carbocycles. The molecule has 0 saturated carbocycles. The normalized spacial score (nSPS) is 11.1. The van der Waals surface area contributed by atoms with E-state index < -0.39 is 5.97 Å². The van der Waals surface area contributed by atoms with Gasteiger partial charge in [0.1, 0.15) is 6.33 Å². The first-order chi connectivity index (χ1) is 7.11. The second-order valence-corrected chi connectivity index (χ2v) is 3.49.